The lowest BCUT2D eigenvalue weighted by Gasteiger charge is -2.08. The molecule has 1 aliphatic carbocycles. The predicted octanol–water partition coefficient (Wildman–Crippen LogP) is 2.52. The number of anilines is 1. The maximum atomic E-state index is 11.8. The van der Waals surface area contributed by atoms with Crippen LogP contribution < -0.4 is 10.9 Å². The highest BCUT2D eigenvalue weighted by atomic mass is 35.5. The molecule has 19 heavy (non-hydrogen) atoms. The molecule has 1 aromatic carbocycles. The van der Waals surface area contributed by atoms with Crippen LogP contribution in [-0.4, -0.2) is 9.97 Å². The number of benzene rings is 1. The normalized spacial score (nSPS) is 13.3. The molecule has 1 heterocycles. The second-order valence-corrected chi connectivity index (χ2v) is 5.05. The minimum absolute atomic E-state index is 0.0239. The minimum atomic E-state index is -0.0239. The first-order chi connectivity index (χ1) is 9.24. The Morgan fingerprint density at radius 2 is 2.16 bits per heavy atom. The molecule has 0 spiro atoms. The molecule has 0 bridgehead atoms. The lowest BCUT2D eigenvalue weighted by atomic mass is 10.2. The summed E-state index contributed by atoms with van der Waals surface area (Å²) in [6.07, 6.45) is 2.74. The predicted molar refractivity (Wildman–Crippen MR) is 75.7 cm³/mol. The molecule has 0 fully saturated rings. The molecule has 2 aromatic rings. The number of hydrogen-bond donors (Lipinski definition) is 2. The van der Waals surface area contributed by atoms with Gasteiger partial charge in [-0.15, -0.1) is 0 Å². The van der Waals surface area contributed by atoms with Crippen LogP contribution in [0.2, 0.25) is 5.02 Å². The summed E-state index contributed by atoms with van der Waals surface area (Å²) in [6.45, 7) is 0.543. The third kappa shape index (κ3) is 2.49. The summed E-state index contributed by atoms with van der Waals surface area (Å²) in [4.78, 5) is 19.1. The number of nitrogens with one attached hydrogen (secondary N) is 2. The maximum Gasteiger partial charge on any atom is 0.255 e. The summed E-state index contributed by atoms with van der Waals surface area (Å²) in [5.74, 6) is 0.519. The van der Waals surface area contributed by atoms with Gasteiger partial charge in [0.15, 0.2) is 0 Å². The topological polar surface area (TPSA) is 57.8 Å². The molecule has 0 saturated heterocycles. The molecule has 0 unspecified atom stereocenters. The maximum absolute atomic E-state index is 11.8. The Balaban J connectivity index is 1.80. The molecule has 5 heteroatoms. The van der Waals surface area contributed by atoms with E-state index < -0.39 is 0 Å². The molecule has 3 rings (SSSR count). The Labute approximate surface area is 115 Å². The molecular weight excluding hydrogens is 262 g/mol. The van der Waals surface area contributed by atoms with Crippen molar-refractivity contribution in [3.63, 3.8) is 0 Å². The number of aromatic nitrogens is 2. The van der Waals surface area contributed by atoms with Crippen LogP contribution in [0.4, 0.5) is 5.95 Å². The first kappa shape index (κ1) is 12.2. The molecule has 0 amide bonds. The van der Waals surface area contributed by atoms with E-state index in [0.29, 0.717) is 17.5 Å². The van der Waals surface area contributed by atoms with E-state index in [9.17, 15) is 4.79 Å². The fourth-order valence-electron chi connectivity index (χ4n) is 2.35. The summed E-state index contributed by atoms with van der Waals surface area (Å²) in [6, 6.07) is 7.61. The Kier molecular flexibility index (Phi) is 3.25. The first-order valence-electron chi connectivity index (χ1n) is 6.33. The van der Waals surface area contributed by atoms with Gasteiger partial charge >= 0.3 is 0 Å². The van der Waals surface area contributed by atoms with Gasteiger partial charge in [0.2, 0.25) is 5.95 Å². The van der Waals surface area contributed by atoms with Crippen LogP contribution in [0.5, 0.6) is 0 Å². The zero-order valence-electron chi connectivity index (χ0n) is 10.4. The zero-order valence-corrected chi connectivity index (χ0v) is 11.1. The lowest BCUT2D eigenvalue weighted by molar-refractivity contribution is 0.898. The quantitative estimate of drug-likeness (QED) is 0.905. The molecule has 0 atom stereocenters. The van der Waals surface area contributed by atoms with E-state index in [4.69, 9.17) is 11.6 Å². The van der Waals surface area contributed by atoms with Crippen LogP contribution in [-0.2, 0) is 19.4 Å². The fraction of sp³-hybridized carbons (Fsp3) is 0.286. The summed E-state index contributed by atoms with van der Waals surface area (Å²) in [7, 11) is 0. The molecule has 98 valence electrons. The van der Waals surface area contributed by atoms with Crippen molar-refractivity contribution in [3.8, 4) is 0 Å². The van der Waals surface area contributed by atoms with E-state index in [0.717, 1.165) is 36.1 Å². The highest BCUT2D eigenvalue weighted by Crippen LogP contribution is 2.18. The van der Waals surface area contributed by atoms with Gasteiger partial charge in [-0.3, -0.25) is 9.78 Å². The van der Waals surface area contributed by atoms with E-state index in [1.54, 1.807) is 0 Å². The van der Waals surface area contributed by atoms with Crippen LogP contribution in [0.1, 0.15) is 23.2 Å². The molecular formula is C14H14ClN3O. The van der Waals surface area contributed by atoms with E-state index in [2.05, 4.69) is 15.3 Å². The minimum Gasteiger partial charge on any atom is -0.352 e. The average Bonchev–Trinajstić information content (AvgIpc) is 2.87. The van der Waals surface area contributed by atoms with Crippen molar-refractivity contribution in [1.82, 2.24) is 9.97 Å². The van der Waals surface area contributed by atoms with Crippen molar-refractivity contribution in [1.29, 1.82) is 0 Å². The van der Waals surface area contributed by atoms with Crippen molar-refractivity contribution in [2.45, 2.75) is 25.8 Å². The second kappa shape index (κ2) is 5.05. The Morgan fingerprint density at radius 1 is 1.32 bits per heavy atom. The Morgan fingerprint density at radius 3 is 3.00 bits per heavy atom. The number of nitrogens with zero attached hydrogens (tertiary/aromatic N) is 1. The van der Waals surface area contributed by atoms with Gasteiger partial charge in [0.1, 0.15) is 0 Å². The summed E-state index contributed by atoms with van der Waals surface area (Å²) < 4.78 is 0. The van der Waals surface area contributed by atoms with Gasteiger partial charge in [-0.1, -0.05) is 29.8 Å². The largest absolute Gasteiger partial charge is 0.352 e. The monoisotopic (exact) mass is 275 g/mol. The molecule has 0 aliphatic heterocycles. The standard InChI is InChI=1S/C14H14ClN3O/c15-11-6-2-1-4-9(11)8-16-14-17-12-7-3-5-10(12)13(19)18-14/h1-2,4,6H,3,5,7-8H2,(H2,16,17,18,19). The zero-order chi connectivity index (χ0) is 13.2. The van der Waals surface area contributed by atoms with Gasteiger partial charge in [0.25, 0.3) is 5.56 Å². The van der Waals surface area contributed by atoms with Crippen molar-refractivity contribution in [3.05, 3.63) is 56.5 Å². The molecule has 0 radical (unpaired) electrons. The smallest absolute Gasteiger partial charge is 0.255 e. The van der Waals surface area contributed by atoms with Gasteiger partial charge in [0.05, 0.1) is 5.69 Å². The molecule has 1 aromatic heterocycles. The van der Waals surface area contributed by atoms with E-state index in [1.165, 1.54) is 0 Å². The van der Waals surface area contributed by atoms with Gasteiger partial charge in [-0.25, -0.2) is 4.98 Å². The molecule has 2 N–H and O–H groups in total. The first-order valence-corrected chi connectivity index (χ1v) is 6.71. The van der Waals surface area contributed by atoms with Crippen molar-refractivity contribution in [2.75, 3.05) is 5.32 Å². The summed E-state index contributed by atoms with van der Waals surface area (Å²) in [5.41, 5.74) is 2.71. The van der Waals surface area contributed by atoms with E-state index in [-0.39, 0.29) is 5.56 Å². The Bertz CT molecular complexity index is 666. The third-order valence-corrected chi connectivity index (χ3v) is 3.71. The third-order valence-electron chi connectivity index (χ3n) is 3.35. The van der Waals surface area contributed by atoms with E-state index in [1.807, 2.05) is 24.3 Å². The number of aryl methyl sites for hydroxylation is 1. The SMILES string of the molecule is O=c1[nH]c(NCc2ccccc2Cl)nc2c1CCC2. The number of fused-ring (bicyclic) bond motifs is 1. The summed E-state index contributed by atoms with van der Waals surface area (Å²) >= 11 is 6.08. The van der Waals surface area contributed by atoms with Crippen LogP contribution in [0.15, 0.2) is 29.1 Å². The lowest BCUT2D eigenvalue weighted by Crippen LogP contribution is -2.17. The van der Waals surface area contributed by atoms with E-state index >= 15 is 0 Å². The number of rotatable bonds is 3. The molecule has 1 aliphatic rings. The number of H-pyrrole nitrogens is 1. The Hall–Kier alpha value is -1.81. The number of hydrogen-bond acceptors (Lipinski definition) is 3. The van der Waals surface area contributed by atoms with Crippen molar-refractivity contribution < 1.29 is 0 Å². The average molecular weight is 276 g/mol. The van der Waals surface area contributed by atoms with Crippen LogP contribution in [0.25, 0.3) is 0 Å². The van der Waals surface area contributed by atoms with Crippen LogP contribution in [0.3, 0.4) is 0 Å². The second-order valence-electron chi connectivity index (χ2n) is 4.64. The van der Waals surface area contributed by atoms with Gasteiger partial charge in [0, 0.05) is 17.1 Å². The number of halogens is 1. The van der Waals surface area contributed by atoms with Crippen molar-refractivity contribution >= 4 is 17.5 Å². The highest BCUT2D eigenvalue weighted by molar-refractivity contribution is 6.31. The number of aromatic amines is 1. The van der Waals surface area contributed by atoms with Crippen molar-refractivity contribution in [2.24, 2.45) is 0 Å². The van der Waals surface area contributed by atoms with Crippen LogP contribution >= 0.6 is 11.6 Å². The van der Waals surface area contributed by atoms with Gasteiger partial charge < -0.3 is 5.32 Å². The van der Waals surface area contributed by atoms with Crippen LogP contribution in [0, 0.1) is 0 Å². The van der Waals surface area contributed by atoms with Gasteiger partial charge in [-0.2, -0.15) is 0 Å². The summed E-state index contributed by atoms with van der Waals surface area (Å²) in [5, 5.41) is 3.83. The highest BCUT2D eigenvalue weighted by Gasteiger charge is 2.16. The van der Waals surface area contributed by atoms with Gasteiger partial charge in [-0.05, 0) is 30.9 Å². The molecule has 4 nitrogen and oxygen atoms in total. The molecule has 0 saturated carbocycles. The fourth-order valence-corrected chi connectivity index (χ4v) is 2.55.